The van der Waals surface area contributed by atoms with Crippen molar-refractivity contribution < 1.29 is 19.0 Å². The Bertz CT molecular complexity index is 172. The number of aliphatic hydroxyl groups is 1. The highest BCUT2D eigenvalue weighted by molar-refractivity contribution is 7.46. The summed E-state index contributed by atoms with van der Waals surface area (Å²) in [5.41, 5.74) is -0.477. The normalized spacial score (nSPS) is 11.1. The predicted molar refractivity (Wildman–Crippen MR) is 46.6 cm³/mol. The van der Waals surface area contributed by atoms with Crippen molar-refractivity contribution in [3.63, 3.8) is 0 Å². The van der Waals surface area contributed by atoms with Crippen molar-refractivity contribution in [3.8, 4) is 0 Å². The van der Waals surface area contributed by atoms with Crippen molar-refractivity contribution in [1.82, 2.24) is 0 Å². The summed E-state index contributed by atoms with van der Waals surface area (Å²) in [5, 5.41) is 8.22. The van der Waals surface area contributed by atoms with Crippen molar-refractivity contribution in [1.29, 1.82) is 0 Å². The van der Waals surface area contributed by atoms with Gasteiger partial charge in [-0.1, -0.05) is 19.2 Å². The van der Waals surface area contributed by atoms with E-state index in [-0.39, 0.29) is 8.46 Å². The Morgan fingerprint density at radius 1 is 1.42 bits per heavy atom. The maximum absolute atomic E-state index is 9.74. The van der Waals surface area contributed by atoms with Gasteiger partial charge in [0.25, 0.3) is 0 Å². The first-order valence-electron chi connectivity index (χ1n) is 2.75. The van der Waals surface area contributed by atoms with Crippen molar-refractivity contribution in [2.75, 3.05) is 0 Å². The minimum absolute atomic E-state index is 0.284. The van der Waals surface area contributed by atoms with Crippen LogP contribution in [0, 0.1) is 0 Å². The molecule has 1 atom stereocenters. The summed E-state index contributed by atoms with van der Waals surface area (Å²) >= 11 is 0. The van der Waals surface area contributed by atoms with Crippen LogP contribution in [0.25, 0.3) is 0 Å². The molecule has 0 aliphatic rings. The summed E-state index contributed by atoms with van der Waals surface area (Å²) in [7, 11) is -0.763. The number of hydrogen-bond donors (Lipinski definition) is 1. The van der Waals surface area contributed by atoms with Crippen molar-refractivity contribution >= 4 is 22.4 Å². The second-order valence-electron chi connectivity index (χ2n) is 1.39. The first-order chi connectivity index (χ1) is 5.62. The first-order valence-corrected chi connectivity index (χ1v) is 4.44. The second-order valence-corrected chi connectivity index (χ2v) is 2.75. The van der Waals surface area contributed by atoms with E-state index in [1.165, 1.54) is 6.08 Å². The highest BCUT2D eigenvalue weighted by Gasteiger charge is 1.88. The molecule has 0 saturated carbocycles. The summed E-state index contributed by atoms with van der Waals surface area (Å²) < 4.78 is 18.9. The van der Waals surface area contributed by atoms with Crippen LogP contribution in [0.5, 0.6) is 0 Å². The minimum atomic E-state index is -0.884. The van der Waals surface area contributed by atoms with Crippen LogP contribution in [0.1, 0.15) is 0 Å². The molecule has 1 N–H and O–H groups in total. The van der Waals surface area contributed by atoms with E-state index in [9.17, 15) is 13.9 Å². The monoisotopic (exact) mass is 206 g/mol. The topological polar surface area (TPSA) is 71.4 Å². The van der Waals surface area contributed by atoms with Crippen LogP contribution in [-0.2, 0) is 13.9 Å². The predicted octanol–water partition coefficient (Wildman–Crippen LogP) is 1.77. The standard InChI is InChI=1S/C3H5O2P.C3H3O2P/c2*1-2-3(4)6-5/h2-4H,1H2;2H,1H2. The van der Waals surface area contributed by atoms with Gasteiger partial charge in [-0.15, -0.1) is 0 Å². The lowest BCUT2D eigenvalue weighted by molar-refractivity contribution is -0.107. The molecule has 0 bridgehead atoms. The molecule has 0 aliphatic carbocycles. The molecule has 4 nitrogen and oxygen atoms in total. The summed E-state index contributed by atoms with van der Waals surface area (Å²) in [6.07, 6.45) is 2.21. The Balaban J connectivity index is 0. The molecule has 0 fully saturated rings. The smallest absolute Gasteiger partial charge is 0.245 e. The van der Waals surface area contributed by atoms with Crippen molar-refractivity contribution in [2.45, 2.75) is 5.85 Å². The SMILES string of the molecule is C=CC(=O)P=O.C=CC(O)P=O. The van der Waals surface area contributed by atoms with E-state index in [1.807, 2.05) is 0 Å². The quantitative estimate of drug-likeness (QED) is 0.432. The Morgan fingerprint density at radius 3 is 1.92 bits per heavy atom. The van der Waals surface area contributed by atoms with Crippen LogP contribution in [-0.4, -0.2) is 16.5 Å². The van der Waals surface area contributed by atoms with Gasteiger partial charge in [0, 0.05) is 0 Å². The van der Waals surface area contributed by atoms with Gasteiger partial charge in [-0.25, -0.2) is 0 Å². The summed E-state index contributed by atoms with van der Waals surface area (Å²) in [4.78, 5) is 9.74. The van der Waals surface area contributed by atoms with Gasteiger partial charge in [-0.2, -0.15) is 0 Å². The van der Waals surface area contributed by atoms with Crippen LogP contribution in [0.2, 0.25) is 0 Å². The molecule has 0 spiro atoms. The Morgan fingerprint density at radius 2 is 1.92 bits per heavy atom. The lowest BCUT2D eigenvalue weighted by Gasteiger charge is -1.82. The zero-order valence-electron chi connectivity index (χ0n) is 6.21. The van der Waals surface area contributed by atoms with E-state index in [0.29, 0.717) is 0 Å². The van der Waals surface area contributed by atoms with Crippen LogP contribution in [0.4, 0.5) is 0 Å². The Hall–Kier alpha value is -0.690. The van der Waals surface area contributed by atoms with Crippen molar-refractivity contribution in [2.24, 2.45) is 0 Å². The van der Waals surface area contributed by atoms with Gasteiger partial charge in [0.15, 0.2) is 14.3 Å². The fraction of sp³-hybridized carbons (Fsp3) is 0.167. The minimum Gasteiger partial charge on any atom is -0.377 e. The molecule has 6 heteroatoms. The van der Waals surface area contributed by atoms with E-state index in [2.05, 4.69) is 13.2 Å². The number of rotatable bonds is 4. The van der Waals surface area contributed by atoms with Crippen LogP contribution < -0.4 is 0 Å². The van der Waals surface area contributed by atoms with Crippen LogP contribution in [0.3, 0.4) is 0 Å². The molecule has 0 heterocycles. The molecule has 0 saturated heterocycles. The van der Waals surface area contributed by atoms with Crippen molar-refractivity contribution in [3.05, 3.63) is 25.3 Å². The average Bonchev–Trinajstić information content (AvgIpc) is 2.16. The van der Waals surface area contributed by atoms with E-state index < -0.39 is 19.8 Å². The highest BCUT2D eigenvalue weighted by atomic mass is 31.1. The molecule has 0 rings (SSSR count). The largest absolute Gasteiger partial charge is 0.377 e. The maximum Gasteiger partial charge on any atom is 0.245 e. The Labute approximate surface area is 73.4 Å². The van der Waals surface area contributed by atoms with E-state index in [4.69, 9.17) is 5.11 Å². The zero-order valence-corrected chi connectivity index (χ0v) is 8.00. The third-order valence-electron chi connectivity index (χ3n) is 0.583. The highest BCUT2D eigenvalue weighted by Crippen LogP contribution is 1.99. The molecule has 0 amide bonds. The van der Waals surface area contributed by atoms with Gasteiger partial charge in [0.2, 0.25) is 14.0 Å². The third kappa shape index (κ3) is 12.0. The summed E-state index contributed by atoms with van der Waals surface area (Å²) in [6, 6.07) is 0. The molecule has 66 valence electrons. The fourth-order valence-corrected chi connectivity index (χ4v) is 0.241. The van der Waals surface area contributed by atoms with Crippen LogP contribution >= 0.6 is 16.9 Å². The lowest BCUT2D eigenvalue weighted by atomic mass is 10.7. The van der Waals surface area contributed by atoms with E-state index >= 15 is 0 Å². The molecular formula is C6H8O4P2. The maximum atomic E-state index is 9.74. The number of aliphatic hydroxyl groups excluding tert-OH is 1. The van der Waals surface area contributed by atoms with Gasteiger partial charge in [-0.3, -0.25) is 13.9 Å². The number of carbonyl (C=O) groups excluding carboxylic acids is 1. The molecular weight excluding hydrogens is 198 g/mol. The van der Waals surface area contributed by atoms with Gasteiger partial charge < -0.3 is 5.11 Å². The molecule has 0 aromatic heterocycles. The fourth-order valence-electron chi connectivity index (χ4n) is 0.0803. The molecule has 12 heavy (non-hydrogen) atoms. The van der Waals surface area contributed by atoms with E-state index in [1.54, 1.807) is 0 Å². The van der Waals surface area contributed by atoms with Crippen LogP contribution in [0.15, 0.2) is 25.3 Å². The first kappa shape index (κ1) is 13.9. The number of hydrogen-bond acceptors (Lipinski definition) is 4. The molecule has 0 aromatic carbocycles. The lowest BCUT2D eigenvalue weighted by Crippen LogP contribution is -1.84. The van der Waals surface area contributed by atoms with E-state index in [0.717, 1.165) is 6.08 Å². The van der Waals surface area contributed by atoms with Gasteiger partial charge in [0.1, 0.15) is 0 Å². The third-order valence-corrected chi connectivity index (χ3v) is 1.37. The molecule has 1 unspecified atom stereocenters. The number of allylic oxidation sites excluding steroid dienone is 1. The average molecular weight is 206 g/mol. The molecule has 0 radical (unpaired) electrons. The summed E-state index contributed by atoms with van der Waals surface area (Å²) in [5.74, 6) is -0.884. The second kappa shape index (κ2) is 10.3. The molecule has 0 aromatic rings. The van der Waals surface area contributed by atoms with Gasteiger partial charge >= 0.3 is 0 Å². The van der Waals surface area contributed by atoms with Gasteiger partial charge in [0.05, 0.1) is 0 Å². The summed E-state index contributed by atoms with van der Waals surface area (Å²) in [6.45, 7) is 6.25. The zero-order chi connectivity index (χ0) is 9.98. The van der Waals surface area contributed by atoms with Gasteiger partial charge in [-0.05, 0) is 6.08 Å². The number of carbonyl (C=O) groups is 1. The molecule has 0 aliphatic heterocycles. The Kier molecular flexibility index (Phi) is 11.9.